The number of hydrogen-bond acceptors (Lipinski definition) is 1. The normalized spacial score (nSPS) is 26.4. The van der Waals surface area contributed by atoms with Gasteiger partial charge in [0.15, 0.2) is 5.41 Å². The molecule has 0 amide bonds. The van der Waals surface area contributed by atoms with E-state index in [4.69, 9.17) is 5.11 Å². The quantitative estimate of drug-likeness (QED) is 0.843. The van der Waals surface area contributed by atoms with Crippen molar-refractivity contribution >= 4 is 5.97 Å². The van der Waals surface area contributed by atoms with Gasteiger partial charge in [0.05, 0.1) is 5.56 Å². The Labute approximate surface area is 109 Å². The van der Waals surface area contributed by atoms with Crippen molar-refractivity contribution in [2.24, 2.45) is 5.41 Å². The Morgan fingerprint density at radius 3 is 1.90 bits per heavy atom. The summed E-state index contributed by atoms with van der Waals surface area (Å²) in [6, 6.07) is 3.08. The number of aliphatic carboxylic acids is 1. The Kier molecular flexibility index (Phi) is 3.03. The van der Waals surface area contributed by atoms with E-state index in [1.165, 1.54) is 0 Å². The lowest BCUT2D eigenvalue weighted by molar-refractivity contribution is -0.204. The molecule has 1 aliphatic rings. The highest BCUT2D eigenvalue weighted by molar-refractivity contribution is 5.81. The van der Waals surface area contributed by atoms with Crippen LogP contribution in [0.3, 0.4) is 0 Å². The highest BCUT2D eigenvalue weighted by atomic mass is 19.4. The molecule has 1 fully saturated rings. The minimum Gasteiger partial charge on any atom is -0.481 e. The first-order valence-corrected chi connectivity index (χ1v) is 5.47. The SMILES string of the molecule is O=C(O)[C@]1(C(F)(F)F)C[C@H]1c1ccc(C(F)(F)F)cc1. The maximum absolute atomic E-state index is 12.8. The van der Waals surface area contributed by atoms with Crippen molar-refractivity contribution in [3.63, 3.8) is 0 Å². The van der Waals surface area contributed by atoms with E-state index in [9.17, 15) is 31.1 Å². The number of alkyl halides is 6. The van der Waals surface area contributed by atoms with Gasteiger partial charge in [-0.05, 0) is 24.1 Å². The predicted octanol–water partition coefficient (Wildman–Crippen LogP) is 3.83. The summed E-state index contributed by atoms with van der Waals surface area (Å²) in [6.45, 7) is 0. The zero-order chi connectivity index (χ0) is 15.3. The van der Waals surface area contributed by atoms with Crippen LogP contribution in [0, 0.1) is 5.41 Å². The van der Waals surface area contributed by atoms with Gasteiger partial charge in [-0.3, -0.25) is 4.79 Å². The standard InChI is InChI=1S/C12H8F6O2/c13-11(14,15)7-3-1-6(2-4-7)8-5-10(8,9(19)20)12(16,17)18/h1-4,8H,5H2,(H,19,20)/t8-,10-/m0/s1. The molecule has 8 heteroatoms. The van der Waals surface area contributed by atoms with Crippen LogP contribution in [0.4, 0.5) is 26.3 Å². The van der Waals surface area contributed by atoms with Gasteiger partial charge in [0.25, 0.3) is 0 Å². The van der Waals surface area contributed by atoms with Crippen LogP contribution in [0.5, 0.6) is 0 Å². The molecule has 0 unspecified atom stereocenters. The third-order valence-electron chi connectivity index (χ3n) is 3.49. The maximum atomic E-state index is 12.8. The summed E-state index contributed by atoms with van der Waals surface area (Å²) in [6.07, 6.45) is -10.2. The van der Waals surface area contributed by atoms with Gasteiger partial charge in [0.2, 0.25) is 0 Å². The Morgan fingerprint density at radius 1 is 1.10 bits per heavy atom. The lowest BCUT2D eigenvalue weighted by Gasteiger charge is -2.16. The van der Waals surface area contributed by atoms with Crippen molar-refractivity contribution in [2.45, 2.75) is 24.7 Å². The Bertz CT molecular complexity index is 530. The molecule has 110 valence electrons. The van der Waals surface area contributed by atoms with Gasteiger partial charge in [-0.1, -0.05) is 12.1 Å². The fraction of sp³-hybridized carbons (Fsp3) is 0.417. The number of carbonyl (C=O) groups is 1. The fourth-order valence-electron chi connectivity index (χ4n) is 2.24. The van der Waals surface area contributed by atoms with Crippen LogP contribution in [-0.2, 0) is 11.0 Å². The van der Waals surface area contributed by atoms with Gasteiger partial charge >= 0.3 is 18.3 Å². The largest absolute Gasteiger partial charge is 0.481 e. The second kappa shape index (κ2) is 4.13. The van der Waals surface area contributed by atoms with Crippen LogP contribution in [0.25, 0.3) is 0 Å². The average Bonchev–Trinajstić information content (AvgIpc) is 3.03. The van der Waals surface area contributed by atoms with Crippen LogP contribution in [0.15, 0.2) is 24.3 Å². The lowest BCUT2D eigenvalue weighted by Crippen LogP contribution is -2.34. The van der Waals surface area contributed by atoms with E-state index in [0.717, 1.165) is 12.1 Å². The van der Waals surface area contributed by atoms with Crippen molar-refractivity contribution in [3.8, 4) is 0 Å². The molecular weight excluding hydrogens is 290 g/mol. The molecule has 1 N–H and O–H groups in total. The monoisotopic (exact) mass is 298 g/mol. The van der Waals surface area contributed by atoms with E-state index in [-0.39, 0.29) is 5.56 Å². The van der Waals surface area contributed by atoms with Crippen LogP contribution in [-0.4, -0.2) is 17.3 Å². The molecule has 0 saturated heterocycles. The second-order valence-corrected chi connectivity index (χ2v) is 4.65. The van der Waals surface area contributed by atoms with E-state index in [0.29, 0.717) is 12.1 Å². The third kappa shape index (κ3) is 2.12. The van der Waals surface area contributed by atoms with Crippen molar-refractivity contribution in [1.82, 2.24) is 0 Å². The zero-order valence-electron chi connectivity index (χ0n) is 9.72. The summed E-state index contributed by atoms with van der Waals surface area (Å²) >= 11 is 0. The highest BCUT2D eigenvalue weighted by Gasteiger charge is 2.76. The van der Waals surface area contributed by atoms with Crippen molar-refractivity contribution < 1.29 is 36.2 Å². The third-order valence-corrected chi connectivity index (χ3v) is 3.49. The molecule has 0 radical (unpaired) electrons. The Balaban J connectivity index is 2.30. The lowest BCUT2D eigenvalue weighted by atomic mass is 9.97. The number of halogens is 6. The van der Waals surface area contributed by atoms with E-state index in [1.54, 1.807) is 0 Å². The van der Waals surface area contributed by atoms with Crippen molar-refractivity contribution in [1.29, 1.82) is 0 Å². The molecule has 1 aromatic carbocycles. The molecule has 1 saturated carbocycles. The molecule has 0 heterocycles. The van der Waals surface area contributed by atoms with Gasteiger partial charge in [0.1, 0.15) is 0 Å². The van der Waals surface area contributed by atoms with E-state index in [2.05, 4.69) is 0 Å². The minimum atomic E-state index is -4.94. The summed E-state index contributed by atoms with van der Waals surface area (Å²) in [4.78, 5) is 10.8. The molecule has 0 spiro atoms. The number of hydrogen-bond donors (Lipinski definition) is 1. The zero-order valence-corrected chi connectivity index (χ0v) is 9.72. The summed E-state index contributed by atoms with van der Waals surface area (Å²) in [5, 5.41) is 8.75. The number of benzene rings is 1. The molecule has 1 aromatic rings. The molecule has 0 aliphatic heterocycles. The summed E-state index contributed by atoms with van der Waals surface area (Å²) in [7, 11) is 0. The van der Waals surface area contributed by atoms with Gasteiger partial charge < -0.3 is 5.11 Å². The van der Waals surface area contributed by atoms with Crippen LogP contribution in [0.1, 0.15) is 23.5 Å². The fourth-order valence-corrected chi connectivity index (χ4v) is 2.24. The summed E-state index contributed by atoms with van der Waals surface area (Å²) in [5.41, 5.74) is -3.93. The number of carboxylic acid groups (broad SMARTS) is 1. The van der Waals surface area contributed by atoms with E-state index < -0.39 is 41.6 Å². The number of rotatable bonds is 2. The molecule has 2 nitrogen and oxygen atoms in total. The van der Waals surface area contributed by atoms with Crippen LogP contribution < -0.4 is 0 Å². The molecular formula is C12H8F6O2. The van der Waals surface area contributed by atoms with Crippen molar-refractivity contribution in [3.05, 3.63) is 35.4 Å². The maximum Gasteiger partial charge on any atom is 0.416 e. The first-order chi connectivity index (χ1) is 9.00. The molecule has 1 aliphatic carbocycles. The molecule has 2 atom stereocenters. The van der Waals surface area contributed by atoms with Gasteiger partial charge in [0, 0.05) is 5.92 Å². The van der Waals surface area contributed by atoms with Crippen LogP contribution >= 0.6 is 0 Å². The van der Waals surface area contributed by atoms with Gasteiger partial charge in [-0.25, -0.2) is 0 Å². The first kappa shape index (κ1) is 14.7. The van der Waals surface area contributed by atoms with E-state index in [1.807, 2.05) is 0 Å². The predicted molar refractivity (Wildman–Crippen MR) is 54.9 cm³/mol. The topological polar surface area (TPSA) is 37.3 Å². The molecule has 20 heavy (non-hydrogen) atoms. The Morgan fingerprint density at radius 2 is 1.60 bits per heavy atom. The molecule has 0 aromatic heterocycles. The summed E-state index contributed by atoms with van der Waals surface area (Å²) < 4.78 is 75.4. The van der Waals surface area contributed by atoms with Gasteiger partial charge in [-0.2, -0.15) is 26.3 Å². The van der Waals surface area contributed by atoms with Crippen molar-refractivity contribution in [2.75, 3.05) is 0 Å². The smallest absolute Gasteiger partial charge is 0.416 e. The summed E-state index contributed by atoms with van der Waals surface area (Å²) in [5.74, 6) is -3.35. The van der Waals surface area contributed by atoms with Crippen LogP contribution in [0.2, 0.25) is 0 Å². The minimum absolute atomic E-state index is 0.0577. The highest BCUT2D eigenvalue weighted by Crippen LogP contribution is 2.67. The average molecular weight is 298 g/mol. The Hall–Kier alpha value is -1.73. The molecule has 2 rings (SSSR count). The first-order valence-electron chi connectivity index (χ1n) is 5.47. The number of carboxylic acids is 1. The second-order valence-electron chi connectivity index (χ2n) is 4.65. The van der Waals surface area contributed by atoms with E-state index >= 15 is 0 Å². The molecule has 0 bridgehead atoms. The van der Waals surface area contributed by atoms with Gasteiger partial charge in [-0.15, -0.1) is 0 Å².